The van der Waals surface area contributed by atoms with Crippen LogP contribution in [-0.2, 0) is 27.9 Å². The molecule has 1 amide bonds. The Morgan fingerprint density at radius 3 is 2.68 bits per heavy atom. The van der Waals surface area contributed by atoms with E-state index in [2.05, 4.69) is 27.1 Å². The van der Waals surface area contributed by atoms with E-state index in [1.54, 1.807) is 24.3 Å². The molecule has 31 heavy (non-hydrogen) atoms. The second kappa shape index (κ2) is 9.47. The van der Waals surface area contributed by atoms with Crippen LogP contribution in [0, 0.1) is 0 Å². The molecule has 1 aliphatic heterocycles. The Bertz CT molecular complexity index is 1110. The van der Waals surface area contributed by atoms with Crippen molar-refractivity contribution in [2.75, 3.05) is 11.9 Å². The predicted octanol–water partition coefficient (Wildman–Crippen LogP) is 3.36. The number of nitrogens with zero attached hydrogens (tertiary/aromatic N) is 1. The molecule has 1 fully saturated rings. The summed E-state index contributed by atoms with van der Waals surface area (Å²) >= 11 is 0. The topological polar surface area (TPSA) is 91.6 Å². The summed E-state index contributed by atoms with van der Waals surface area (Å²) in [5.41, 5.74) is 1.62. The maximum Gasteiger partial charge on any atom is 0.241 e. The number of benzene rings is 2. The van der Waals surface area contributed by atoms with Crippen molar-refractivity contribution in [3.05, 3.63) is 84.3 Å². The fraction of sp³-hybridized carbons (Fsp3) is 0.261. The highest BCUT2D eigenvalue weighted by atomic mass is 32.2. The standard InChI is InChI=1S/C23H25N3O4S/c27-23(22-12-5-13-26(22)17-18-7-2-1-3-8-18)25-19-9-4-11-21(15-19)31(28,29)24-16-20-10-6-14-30-20/h1-4,6-11,14-15,22,24H,5,12-13,16-17H2,(H,25,27). The van der Waals surface area contributed by atoms with Gasteiger partial charge in [0.15, 0.2) is 0 Å². The molecule has 8 heteroatoms. The second-order valence-corrected chi connectivity index (χ2v) is 9.30. The van der Waals surface area contributed by atoms with Crippen molar-refractivity contribution in [2.24, 2.45) is 0 Å². The van der Waals surface area contributed by atoms with E-state index in [4.69, 9.17) is 4.42 Å². The normalized spacial score (nSPS) is 17.0. The van der Waals surface area contributed by atoms with Gasteiger partial charge in [0, 0.05) is 12.2 Å². The Morgan fingerprint density at radius 2 is 1.90 bits per heavy atom. The van der Waals surface area contributed by atoms with Crippen LogP contribution in [0.2, 0.25) is 0 Å². The van der Waals surface area contributed by atoms with Crippen LogP contribution in [0.3, 0.4) is 0 Å². The molecule has 0 aliphatic carbocycles. The van der Waals surface area contributed by atoms with Crippen LogP contribution in [0.5, 0.6) is 0 Å². The van der Waals surface area contributed by atoms with Gasteiger partial charge in [0.05, 0.1) is 23.7 Å². The van der Waals surface area contributed by atoms with Crippen molar-refractivity contribution < 1.29 is 17.6 Å². The Morgan fingerprint density at radius 1 is 1.06 bits per heavy atom. The summed E-state index contributed by atoms with van der Waals surface area (Å²) in [6.07, 6.45) is 3.22. The van der Waals surface area contributed by atoms with Gasteiger partial charge in [-0.3, -0.25) is 9.69 Å². The molecule has 0 saturated carbocycles. The van der Waals surface area contributed by atoms with Gasteiger partial charge in [0.1, 0.15) is 5.76 Å². The maximum absolute atomic E-state index is 12.9. The molecular formula is C23H25N3O4S. The molecule has 1 aliphatic rings. The van der Waals surface area contributed by atoms with E-state index in [9.17, 15) is 13.2 Å². The zero-order chi connectivity index (χ0) is 21.7. The first-order valence-corrected chi connectivity index (χ1v) is 11.7. The van der Waals surface area contributed by atoms with Gasteiger partial charge >= 0.3 is 0 Å². The van der Waals surface area contributed by atoms with Crippen LogP contribution in [0.15, 0.2) is 82.3 Å². The number of carbonyl (C=O) groups excluding carboxylic acids is 1. The van der Waals surface area contributed by atoms with E-state index in [1.807, 2.05) is 18.2 Å². The molecule has 1 unspecified atom stereocenters. The summed E-state index contributed by atoms with van der Waals surface area (Å²) in [4.78, 5) is 15.2. The molecule has 0 bridgehead atoms. The average Bonchev–Trinajstić information content (AvgIpc) is 3.45. The monoisotopic (exact) mass is 439 g/mol. The number of nitrogens with one attached hydrogen (secondary N) is 2. The van der Waals surface area contributed by atoms with Gasteiger partial charge in [-0.1, -0.05) is 36.4 Å². The molecule has 1 aromatic heterocycles. The molecule has 2 N–H and O–H groups in total. The van der Waals surface area contributed by atoms with Gasteiger partial charge in [-0.2, -0.15) is 0 Å². The lowest BCUT2D eigenvalue weighted by molar-refractivity contribution is -0.120. The third-order valence-electron chi connectivity index (χ3n) is 5.32. The van der Waals surface area contributed by atoms with Crippen LogP contribution < -0.4 is 10.0 Å². The minimum Gasteiger partial charge on any atom is -0.468 e. The number of hydrogen-bond acceptors (Lipinski definition) is 5. The summed E-state index contributed by atoms with van der Waals surface area (Å²) in [5, 5.41) is 2.89. The quantitative estimate of drug-likeness (QED) is 0.562. The molecule has 2 heterocycles. The maximum atomic E-state index is 12.9. The van der Waals surface area contributed by atoms with Crippen LogP contribution in [0.25, 0.3) is 0 Å². The molecule has 0 spiro atoms. The SMILES string of the molecule is O=C(Nc1cccc(S(=O)(=O)NCc2ccco2)c1)C1CCCN1Cc1ccccc1. The van der Waals surface area contributed by atoms with Crippen LogP contribution in [0.1, 0.15) is 24.2 Å². The number of carbonyl (C=O) groups is 1. The molecule has 1 saturated heterocycles. The average molecular weight is 440 g/mol. The Hall–Kier alpha value is -2.94. The van der Waals surface area contributed by atoms with Gasteiger partial charge in [-0.15, -0.1) is 0 Å². The van der Waals surface area contributed by atoms with E-state index >= 15 is 0 Å². The lowest BCUT2D eigenvalue weighted by atomic mass is 10.1. The highest BCUT2D eigenvalue weighted by Gasteiger charge is 2.30. The van der Waals surface area contributed by atoms with E-state index in [1.165, 1.54) is 18.4 Å². The Kier molecular flexibility index (Phi) is 6.50. The summed E-state index contributed by atoms with van der Waals surface area (Å²) < 4.78 is 32.9. The summed E-state index contributed by atoms with van der Waals surface area (Å²) in [6, 6.07) is 19.5. The van der Waals surface area contributed by atoms with E-state index in [0.29, 0.717) is 18.0 Å². The minimum absolute atomic E-state index is 0.0580. The zero-order valence-electron chi connectivity index (χ0n) is 17.0. The third-order valence-corrected chi connectivity index (χ3v) is 6.72. The lowest BCUT2D eigenvalue weighted by Crippen LogP contribution is -2.39. The highest BCUT2D eigenvalue weighted by molar-refractivity contribution is 7.89. The number of amides is 1. The lowest BCUT2D eigenvalue weighted by Gasteiger charge is -2.23. The molecular weight excluding hydrogens is 414 g/mol. The molecule has 0 radical (unpaired) electrons. The van der Waals surface area contributed by atoms with Crippen molar-refractivity contribution in [1.82, 2.24) is 9.62 Å². The van der Waals surface area contributed by atoms with Crippen molar-refractivity contribution in [3.8, 4) is 0 Å². The van der Waals surface area contributed by atoms with E-state index in [-0.39, 0.29) is 23.4 Å². The van der Waals surface area contributed by atoms with Gasteiger partial charge in [-0.05, 0) is 55.3 Å². The minimum atomic E-state index is -3.74. The van der Waals surface area contributed by atoms with E-state index < -0.39 is 10.0 Å². The predicted molar refractivity (Wildman–Crippen MR) is 118 cm³/mol. The first kappa shape index (κ1) is 21.3. The Labute approximate surface area is 182 Å². The first-order valence-electron chi connectivity index (χ1n) is 10.2. The number of anilines is 1. The number of hydrogen-bond donors (Lipinski definition) is 2. The molecule has 2 aromatic carbocycles. The fourth-order valence-electron chi connectivity index (χ4n) is 3.76. The van der Waals surface area contributed by atoms with Gasteiger partial charge in [-0.25, -0.2) is 13.1 Å². The summed E-state index contributed by atoms with van der Waals surface area (Å²) in [7, 11) is -3.74. The van der Waals surface area contributed by atoms with Crippen molar-refractivity contribution in [1.29, 1.82) is 0 Å². The van der Waals surface area contributed by atoms with Crippen LogP contribution >= 0.6 is 0 Å². The van der Waals surface area contributed by atoms with Crippen LogP contribution in [0.4, 0.5) is 5.69 Å². The molecule has 3 aromatic rings. The number of likely N-dealkylation sites (tertiary alicyclic amines) is 1. The first-order chi connectivity index (χ1) is 15.0. The van der Waals surface area contributed by atoms with Gasteiger partial charge < -0.3 is 9.73 Å². The summed E-state index contributed by atoms with van der Waals surface area (Å²) in [6.45, 7) is 1.63. The smallest absolute Gasteiger partial charge is 0.241 e. The molecule has 7 nitrogen and oxygen atoms in total. The van der Waals surface area contributed by atoms with Gasteiger partial charge in [0.2, 0.25) is 15.9 Å². The summed E-state index contributed by atoms with van der Waals surface area (Å²) in [5.74, 6) is 0.402. The van der Waals surface area contributed by atoms with Crippen molar-refractivity contribution in [3.63, 3.8) is 0 Å². The van der Waals surface area contributed by atoms with Gasteiger partial charge in [0.25, 0.3) is 0 Å². The van der Waals surface area contributed by atoms with Crippen LogP contribution in [-0.4, -0.2) is 31.8 Å². The second-order valence-electron chi connectivity index (χ2n) is 7.54. The fourth-order valence-corrected chi connectivity index (χ4v) is 4.80. The van der Waals surface area contributed by atoms with Crippen molar-refractivity contribution in [2.45, 2.75) is 36.9 Å². The molecule has 162 valence electrons. The third kappa shape index (κ3) is 5.41. The molecule has 4 rings (SSSR count). The number of sulfonamides is 1. The number of furan rings is 1. The van der Waals surface area contributed by atoms with Crippen molar-refractivity contribution >= 4 is 21.6 Å². The zero-order valence-corrected chi connectivity index (χ0v) is 17.8. The Balaban J connectivity index is 1.41. The van der Waals surface area contributed by atoms with E-state index in [0.717, 1.165) is 24.9 Å². The highest BCUT2D eigenvalue weighted by Crippen LogP contribution is 2.23. The molecule has 1 atom stereocenters. The largest absolute Gasteiger partial charge is 0.468 e. The number of rotatable bonds is 8.